The molecule has 2 N–H and O–H groups in total. The van der Waals surface area contributed by atoms with E-state index in [0.717, 1.165) is 50.4 Å². The topological polar surface area (TPSA) is 70.2 Å². The summed E-state index contributed by atoms with van der Waals surface area (Å²) in [5, 5.41) is 3.44. The van der Waals surface area contributed by atoms with Crippen molar-refractivity contribution in [2.24, 2.45) is 5.92 Å². The summed E-state index contributed by atoms with van der Waals surface area (Å²) in [5.41, 5.74) is 1.77. The Morgan fingerprint density at radius 1 is 1.52 bits per heavy atom. The largest absolute Gasteiger partial charge is 0.444 e. The van der Waals surface area contributed by atoms with Gasteiger partial charge in [-0.2, -0.15) is 0 Å². The molecule has 1 aliphatic rings. The Morgan fingerprint density at radius 3 is 2.96 bits per heavy atom. The number of imidazole rings is 1. The molecule has 2 rings (SSSR count). The first kappa shape index (κ1) is 17.8. The zero-order valence-electron chi connectivity index (χ0n) is 14.8. The van der Waals surface area contributed by atoms with Crippen LogP contribution < -0.4 is 5.32 Å². The van der Waals surface area contributed by atoms with Gasteiger partial charge < -0.3 is 19.9 Å². The highest BCUT2D eigenvalue weighted by molar-refractivity contribution is 5.68. The number of aryl methyl sites for hydroxylation is 1. The molecule has 0 aromatic carbocycles. The second-order valence-corrected chi connectivity index (χ2v) is 7.37. The number of hydrogen-bond donors (Lipinski definition) is 2. The van der Waals surface area contributed by atoms with Crippen LogP contribution in [-0.4, -0.2) is 46.2 Å². The van der Waals surface area contributed by atoms with Crippen molar-refractivity contribution in [1.82, 2.24) is 20.2 Å². The van der Waals surface area contributed by atoms with Crippen molar-refractivity contribution in [2.45, 2.75) is 59.1 Å². The van der Waals surface area contributed by atoms with Crippen molar-refractivity contribution >= 4 is 6.09 Å². The van der Waals surface area contributed by atoms with Crippen molar-refractivity contribution in [2.75, 3.05) is 19.6 Å². The fourth-order valence-electron chi connectivity index (χ4n) is 2.87. The van der Waals surface area contributed by atoms with Gasteiger partial charge in [0, 0.05) is 25.3 Å². The van der Waals surface area contributed by atoms with Crippen LogP contribution in [0.25, 0.3) is 0 Å². The van der Waals surface area contributed by atoms with Crippen LogP contribution in [0.15, 0.2) is 6.33 Å². The van der Waals surface area contributed by atoms with Crippen LogP contribution in [0.4, 0.5) is 4.79 Å². The molecule has 1 unspecified atom stereocenters. The third kappa shape index (κ3) is 5.86. The SMILES string of the molecule is Cc1[nH]cnc1CNCCC1CCCN(C(=O)OC(C)(C)C)C1. The number of hydrogen-bond acceptors (Lipinski definition) is 4. The van der Waals surface area contributed by atoms with Crippen molar-refractivity contribution in [1.29, 1.82) is 0 Å². The average molecular weight is 322 g/mol. The molecule has 1 aliphatic heterocycles. The standard InChI is InChI=1S/C17H30N4O2/c1-13-15(20-12-19-13)10-18-8-7-14-6-5-9-21(11-14)16(22)23-17(2,3)4/h12,14,18H,5-11H2,1-4H3,(H,19,20). The van der Waals surface area contributed by atoms with Gasteiger partial charge in [-0.25, -0.2) is 9.78 Å². The van der Waals surface area contributed by atoms with Crippen molar-refractivity contribution in [3.63, 3.8) is 0 Å². The Kier molecular flexibility index (Phi) is 6.04. The first-order valence-electron chi connectivity index (χ1n) is 8.52. The zero-order valence-corrected chi connectivity index (χ0v) is 14.8. The summed E-state index contributed by atoms with van der Waals surface area (Å²) in [6.07, 6.45) is 4.86. The molecule has 130 valence electrons. The molecule has 1 aromatic rings. The summed E-state index contributed by atoms with van der Waals surface area (Å²) in [6, 6.07) is 0. The maximum absolute atomic E-state index is 12.2. The number of ether oxygens (including phenoxy) is 1. The molecule has 1 saturated heterocycles. The number of likely N-dealkylation sites (tertiary alicyclic amines) is 1. The number of carbonyl (C=O) groups excluding carboxylic acids is 1. The third-order valence-corrected chi connectivity index (χ3v) is 4.13. The van der Waals surface area contributed by atoms with Gasteiger partial charge in [0.15, 0.2) is 0 Å². The molecule has 1 aromatic heterocycles. The van der Waals surface area contributed by atoms with Crippen LogP contribution >= 0.6 is 0 Å². The highest BCUT2D eigenvalue weighted by Gasteiger charge is 2.27. The third-order valence-electron chi connectivity index (χ3n) is 4.13. The molecule has 6 nitrogen and oxygen atoms in total. The van der Waals surface area contributed by atoms with Gasteiger partial charge in [0.25, 0.3) is 0 Å². The average Bonchev–Trinajstić information content (AvgIpc) is 2.88. The highest BCUT2D eigenvalue weighted by Crippen LogP contribution is 2.21. The van der Waals surface area contributed by atoms with E-state index in [0.29, 0.717) is 5.92 Å². The van der Waals surface area contributed by atoms with Crippen LogP contribution in [0, 0.1) is 12.8 Å². The second-order valence-electron chi connectivity index (χ2n) is 7.37. The second kappa shape index (κ2) is 7.81. The van der Waals surface area contributed by atoms with E-state index in [9.17, 15) is 4.79 Å². The highest BCUT2D eigenvalue weighted by atomic mass is 16.6. The predicted molar refractivity (Wildman–Crippen MR) is 90.2 cm³/mol. The number of aromatic amines is 1. The zero-order chi connectivity index (χ0) is 16.9. The lowest BCUT2D eigenvalue weighted by atomic mass is 9.95. The van der Waals surface area contributed by atoms with Gasteiger partial charge in [0.2, 0.25) is 0 Å². The number of amides is 1. The maximum Gasteiger partial charge on any atom is 0.410 e. The summed E-state index contributed by atoms with van der Waals surface area (Å²) in [7, 11) is 0. The number of nitrogens with zero attached hydrogens (tertiary/aromatic N) is 2. The number of piperidine rings is 1. The molecule has 0 radical (unpaired) electrons. The van der Waals surface area contributed by atoms with Crippen LogP contribution in [0.3, 0.4) is 0 Å². The molecule has 0 saturated carbocycles. The minimum absolute atomic E-state index is 0.178. The number of H-pyrrole nitrogens is 1. The van der Waals surface area contributed by atoms with E-state index in [-0.39, 0.29) is 6.09 Å². The fraction of sp³-hybridized carbons (Fsp3) is 0.765. The normalized spacial score (nSPS) is 19.0. The molecule has 0 spiro atoms. The summed E-state index contributed by atoms with van der Waals surface area (Å²) in [5.74, 6) is 0.545. The summed E-state index contributed by atoms with van der Waals surface area (Å²) < 4.78 is 5.47. The van der Waals surface area contributed by atoms with Gasteiger partial charge >= 0.3 is 6.09 Å². The summed E-state index contributed by atoms with van der Waals surface area (Å²) >= 11 is 0. The smallest absolute Gasteiger partial charge is 0.410 e. The molecular weight excluding hydrogens is 292 g/mol. The predicted octanol–water partition coefficient (Wildman–Crippen LogP) is 2.84. The quantitative estimate of drug-likeness (QED) is 0.818. The van der Waals surface area contributed by atoms with E-state index < -0.39 is 5.60 Å². The van der Waals surface area contributed by atoms with Gasteiger partial charge in [-0.3, -0.25) is 0 Å². The van der Waals surface area contributed by atoms with Gasteiger partial charge in [-0.05, 0) is 59.4 Å². The van der Waals surface area contributed by atoms with E-state index in [2.05, 4.69) is 15.3 Å². The fourth-order valence-corrected chi connectivity index (χ4v) is 2.87. The lowest BCUT2D eigenvalue weighted by Gasteiger charge is -2.34. The first-order valence-corrected chi connectivity index (χ1v) is 8.52. The molecule has 0 aliphatic carbocycles. The van der Waals surface area contributed by atoms with E-state index in [1.807, 2.05) is 32.6 Å². The Labute approximate surface area is 139 Å². The summed E-state index contributed by atoms with van der Waals surface area (Å²) in [4.78, 5) is 21.4. The van der Waals surface area contributed by atoms with E-state index in [1.54, 1.807) is 6.33 Å². The Balaban J connectivity index is 1.69. The lowest BCUT2D eigenvalue weighted by molar-refractivity contribution is 0.0162. The Morgan fingerprint density at radius 2 is 2.30 bits per heavy atom. The van der Waals surface area contributed by atoms with Crippen LogP contribution in [0.5, 0.6) is 0 Å². The van der Waals surface area contributed by atoms with Crippen molar-refractivity contribution in [3.05, 3.63) is 17.7 Å². The Hall–Kier alpha value is -1.56. The molecular formula is C17H30N4O2. The number of carbonyl (C=O) groups is 1. The van der Waals surface area contributed by atoms with Crippen LogP contribution in [-0.2, 0) is 11.3 Å². The van der Waals surface area contributed by atoms with E-state index in [4.69, 9.17) is 4.74 Å². The van der Waals surface area contributed by atoms with Crippen LogP contribution in [0.1, 0.15) is 51.4 Å². The Bertz CT molecular complexity index is 507. The minimum Gasteiger partial charge on any atom is -0.444 e. The number of nitrogens with one attached hydrogen (secondary N) is 2. The van der Waals surface area contributed by atoms with E-state index in [1.165, 1.54) is 6.42 Å². The van der Waals surface area contributed by atoms with Gasteiger partial charge in [0.1, 0.15) is 5.60 Å². The molecule has 0 bridgehead atoms. The molecule has 6 heteroatoms. The van der Waals surface area contributed by atoms with Crippen molar-refractivity contribution in [3.8, 4) is 0 Å². The van der Waals surface area contributed by atoms with Gasteiger partial charge in [0.05, 0.1) is 12.0 Å². The molecule has 2 heterocycles. The maximum atomic E-state index is 12.2. The minimum atomic E-state index is -0.424. The monoisotopic (exact) mass is 322 g/mol. The number of aromatic nitrogens is 2. The summed E-state index contributed by atoms with van der Waals surface area (Å²) in [6.45, 7) is 11.1. The van der Waals surface area contributed by atoms with Gasteiger partial charge in [-0.1, -0.05) is 0 Å². The molecule has 1 amide bonds. The van der Waals surface area contributed by atoms with E-state index >= 15 is 0 Å². The number of rotatable bonds is 5. The molecule has 1 atom stereocenters. The first-order chi connectivity index (χ1) is 10.8. The van der Waals surface area contributed by atoms with Gasteiger partial charge in [-0.15, -0.1) is 0 Å². The van der Waals surface area contributed by atoms with Crippen molar-refractivity contribution < 1.29 is 9.53 Å². The van der Waals surface area contributed by atoms with Crippen LogP contribution in [0.2, 0.25) is 0 Å². The lowest BCUT2D eigenvalue weighted by Crippen LogP contribution is -2.43. The molecule has 1 fully saturated rings. The molecule has 23 heavy (non-hydrogen) atoms.